The molecule has 2 rings (SSSR count). The predicted octanol–water partition coefficient (Wildman–Crippen LogP) is 2.90. The van der Waals surface area contributed by atoms with E-state index in [1.165, 1.54) is 45.2 Å². The van der Waals surface area contributed by atoms with Crippen molar-refractivity contribution < 1.29 is 4.74 Å². The maximum absolute atomic E-state index is 5.61. The molecule has 0 bridgehead atoms. The normalized spacial score (nSPS) is 30.0. The van der Waals surface area contributed by atoms with Gasteiger partial charge in [-0.15, -0.1) is 0 Å². The zero-order valence-corrected chi connectivity index (χ0v) is 13.7. The summed E-state index contributed by atoms with van der Waals surface area (Å²) in [6.45, 7) is 12.0. The summed E-state index contributed by atoms with van der Waals surface area (Å²) in [5.74, 6) is 1.63. The number of ether oxygens (including phenoxy) is 1. The van der Waals surface area contributed by atoms with Crippen LogP contribution < -0.4 is 5.32 Å². The fourth-order valence-corrected chi connectivity index (χ4v) is 3.87. The van der Waals surface area contributed by atoms with E-state index in [9.17, 15) is 0 Å². The van der Waals surface area contributed by atoms with Crippen molar-refractivity contribution in [3.8, 4) is 0 Å². The lowest BCUT2D eigenvalue weighted by molar-refractivity contribution is 0.0322. The smallest absolute Gasteiger partial charge is 0.0593 e. The molecule has 1 saturated heterocycles. The highest BCUT2D eigenvalue weighted by atomic mass is 16.5. The van der Waals surface area contributed by atoms with Gasteiger partial charge >= 0.3 is 0 Å². The van der Waals surface area contributed by atoms with Gasteiger partial charge in [0.1, 0.15) is 0 Å². The molecule has 0 spiro atoms. The maximum Gasteiger partial charge on any atom is 0.0593 e. The van der Waals surface area contributed by atoms with Crippen LogP contribution in [0.3, 0.4) is 0 Å². The van der Waals surface area contributed by atoms with Gasteiger partial charge in [0.2, 0.25) is 0 Å². The summed E-state index contributed by atoms with van der Waals surface area (Å²) in [4.78, 5) is 2.73. The van der Waals surface area contributed by atoms with Gasteiger partial charge < -0.3 is 10.1 Å². The van der Waals surface area contributed by atoms with E-state index in [1.807, 2.05) is 0 Å². The van der Waals surface area contributed by atoms with Crippen LogP contribution in [0, 0.1) is 11.8 Å². The Morgan fingerprint density at radius 1 is 1.20 bits per heavy atom. The third kappa shape index (κ3) is 4.44. The van der Waals surface area contributed by atoms with Gasteiger partial charge in [-0.3, -0.25) is 4.90 Å². The van der Waals surface area contributed by atoms with Crippen LogP contribution in [-0.2, 0) is 4.74 Å². The fourth-order valence-electron chi connectivity index (χ4n) is 3.87. The van der Waals surface area contributed by atoms with Gasteiger partial charge in [0.25, 0.3) is 0 Å². The molecule has 2 aliphatic rings. The minimum absolute atomic E-state index is 0.650. The maximum atomic E-state index is 5.61. The van der Waals surface area contributed by atoms with Crippen LogP contribution in [0.4, 0.5) is 0 Å². The molecule has 1 N–H and O–H groups in total. The molecule has 1 heterocycles. The minimum atomic E-state index is 0.650. The Balaban J connectivity index is 1.92. The Kier molecular flexibility index (Phi) is 6.79. The number of piperazine rings is 1. The van der Waals surface area contributed by atoms with E-state index < -0.39 is 0 Å². The first-order valence-corrected chi connectivity index (χ1v) is 8.77. The van der Waals surface area contributed by atoms with E-state index in [4.69, 9.17) is 4.74 Å². The standard InChI is InChI=1S/C17H34N2O/c1-4-20-11-10-19-13-16(14(2)3)18-12-17(19)15-8-6-5-7-9-15/h14-18H,4-13H2,1-3H3. The SMILES string of the molecule is CCOCCN1CC(C(C)C)NCC1C1CCCCC1. The number of hydrogen-bond donors (Lipinski definition) is 1. The van der Waals surface area contributed by atoms with Gasteiger partial charge in [-0.2, -0.15) is 0 Å². The second-order valence-corrected chi connectivity index (χ2v) is 6.92. The lowest BCUT2D eigenvalue weighted by Gasteiger charge is -2.46. The van der Waals surface area contributed by atoms with Crippen LogP contribution in [-0.4, -0.2) is 49.8 Å². The van der Waals surface area contributed by atoms with Crippen LogP contribution in [0.2, 0.25) is 0 Å². The van der Waals surface area contributed by atoms with Crippen molar-refractivity contribution >= 4 is 0 Å². The lowest BCUT2D eigenvalue weighted by Crippen LogP contribution is -2.60. The first-order valence-electron chi connectivity index (χ1n) is 8.77. The molecule has 0 aromatic rings. The lowest BCUT2D eigenvalue weighted by atomic mass is 9.81. The van der Waals surface area contributed by atoms with Crippen molar-refractivity contribution in [3.05, 3.63) is 0 Å². The van der Waals surface area contributed by atoms with E-state index in [2.05, 4.69) is 31.0 Å². The quantitative estimate of drug-likeness (QED) is 0.758. The van der Waals surface area contributed by atoms with Crippen molar-refractivity contribution in [2.24, 2.45) is 11.8 Å². The molecule has 0 aromatic carbocycles. The van der Waals surface area contributed by atoms with Crippen molar-refractivity contribution in [3.63, 3.8) is 0 Å². The number of nitrogens with zero attached hydrogens (tertiary/aromatic N) is 1. The first-order chi connectivity index (χ1) is 9.72. The predicted molar refractivity (Wildman–Crippen MR) is 85.1 cm³/mol. The fraction of sp³-hybridized carbons (Fsp3) is 1.00. The highest BCUT2D eigenvalue weighted by Crippen LogP contribution is 2.30. The highest BCUT2D eigenvalue weighted by Gasteiger charge is 2.34. The molecule has 0 aromatic heterocycles. The molecular formula is C17H34N2O. The Labute approximate surface area is 125 Å². The van der Waals surface area contributed by atoms with Crippen molar-refractivity contribution in [2.75, 3.05) is 32.8 Å². The van der Waals surface area contributed by atoms with E-state index in [-0.39, 0.29) is 0 Å². The van der Waals surface area contributed by atoms with Gasteiger partial charge in [0, 0.05) is 38.3 Å². The summed E-state index contributed by atoms with van der Waals surface area (Å²) in [6, 6.07) is 1.39. The van der Waals surface area contributed by atoms with Gasteiger partial charge in [0.15, 0.2) is 0 Å². The van der Waals surface area contributed by atoms with Crippen LogP contribution >= 0.6 is 0 Å². The number of rotatable bonds is 6. The Morgan fingerprint density at radius 2 is 1.95 bits per heavy atom. The average Bonchev–Trinajstić information content (AvgIpc) is 2.48. The van der Waals surface area contributed by atoms with Crippen LogP contribution in [0.25, 0.3) is 0 Å². The van der Waals surface area contributed by atoms with E-state index in [0.29, 0.717) is 6.04 Å². The molecule has 0 radical (unpaired) electrons. The summed E-state index contributed by atoms with van der Waals surface area (Å²) in [6.07, 6.45) is 7.19. The number of nitrogens with one attached hydrogen (secondary N) is 1. The molecule has 3 nitrogen and oxygen atoms in total. The summed E-state index contributed by atoms with van der Waals surface area (Å²) in [5, 5.41) is 3.80. The van der Waals surface area contributed by atoms with Crippen molar-refractivity contribution in [2.45, 2.75) is 65.0 Å². The largest absolute Gasteiger partial charge is 0.380 e. The molecule has 118 valence electrons. The first kappa shape index (κ1) is 16.3. The zero-order valence-electron chi connectivity index (χ0n) is 13.7. The molecule has 1 saturated carbocycles. The third-order valence-electron chi connectivity index (χ3n) is 5.22. The second-order valence-electron chi connectivity index (χ2n) is 6.92. The summed E-state index contributed by atoms with van der Waals surface area (Å²) in [5.41, 5.74) is 0. The Hall–Kier alpha value is -0.120. The topological polar surface area (TPSA) is 24.5 Å². The number of hydrogen-bond acceptors (Lipinski definition) is 3. The van der Waals surface area contributed by atoms with Crippen LogP contribution in [0.5, 0.6) is 0 Å². The molecule has 2 fully saturated rings. The molecule has 2 unspecified atom stereocenters. The van der Waals surface area contributed by atoms with Gasteiger partial charge in [0.05, 0.1) is 6.61 Å². The minimum Gasteiger partial charge on any atom is -0.380 e. The molecule has 20 heavy (non-hydrogen) atoms. The summed E-state index contributed by atoms with van der Waals surface area (Å²) in [7, 11) is 0. The van der Waals surface area contributed by atoms with Crippen LogP contribution in [0.1, 0.15) is 52.9 Å². The summed E-state index contributed by atoms with van der Waals surface area (Å²) < 4.78 is 5.61. The van der Waals surface area contributed by atoms with E-state index in [0.717, 1.165) is 37.6 Å². The molecular weight excluding hydrogens is 248 g/mol. The van der Waals surface area contributed by atoms with Crippen molar-refractivity contribution in [1.29, 1.82) is 0 Å². The zero-order chi connectivity index (χ0) is 14.4. The molecule has 3 heteroatoms. The average molecular weight is 282 g/mol. The Morgan fingerprint density at radius 3 is 2.60 bits per heavy atom. The van der Waals surface area contributed by atoms with E-state index in [1.54, 1.807) is 0 Å². The monoisotopic (exact) mass is 282 g/mol. The van der Waals surface area contributed by atoms with E-state index >= 15 is 0 Å². The third-order valence-corrected chi connectivity index (χ3v) is 5.22. The second kappa shape index (κ2) is 8.35. The highest BCUT2D eigenvalue weighted by molar-refractivity contribution is 4.91. The van der Waals surface area contributed by atoms with Crippen molar-refractivity contribution in [1.82, 2.24) is 10.2 Å². The molecule has 1 aliphatic carbocycles. The summed E-state index contributed by atoms with van der Waals surface area (Å²) >= 11 is 0. The van der Waals surface area contributed by atoms with Gasteiger partial charge in [-0.1, -0.05) is 33.1 Å². The van der Waals surface area contributed by atoms with Gasteiger partial charge in [-0.05, 0) is 31.6 Å². The van der Waals surface area contributed by atoms with Gasteiger partial charge in [-0.25, -0.2) is 0 Å². The molecule has 1 aliphatic heterocycles. The Bertz CT molecular complexity index is 264. The van der Waals surface area contributed by atoms with Crippen LogP contribution in [0.15, 0.2) is 0 Å². The molecule has 2 atom stereocenters. The molecule has 0 amide bonds.